The Balaban J connectivity index is 1.43. The van der Waals surface area contributed by atoms with Crippen LogP contribution in [0.15, 0.2) is 36.4 Å². The minimum atomic E-state index is 0.213. The summed E-state index contributed by atoms with van der Waals surface area (Å²) < 4.78 is 11.4. The largest absolute Gasteiger partial charge is 0.377 e. The molecule has 1 N–H and O–H groups in total. The van der Waals surface area contributed by atoms with E-state index in [0.717, 1.165) is 73.3 Å². The fourth-order valence-corrected chi connectivity index (χ4v) is 5.34. The summed E-state index contributed by atoms with van der Waals surface area (Å²) in [6, 6.07) is 13.4. The summed E-state index contributed by atoms with van der Waals surface area (Å²) in [6.45, 7) is 12.7. The molecule has 3 aliphatic rings. The molecule has 2 atom stereocenters. The minimum Gasteiger partial charge on any atom is -0.377 e. The van der Waals surface area contributed by atoms with Crippen LogP contribution in [-0.2, 0) is 9.47 Å². The van der Waals surface area contributed by atoms with Crippen molar-refractivity contribution < 1.29 is 9.47 Å². The zero-order chi connectivity index (χ0) is 24.5. The minimum absolute atomic E-state index is 0.213. The van der Waals surface area contributed by atoms with E-state index < -0.39 is 0 Å². The van der Waals surface area contributed by atoms with Gasteiger partial charge in [0.05, 0.1) is 49.6 Å². The molecule has 0 spiro atoms. The molecule has 3 aromatic rings. The summed E-state index contributed by atoms with van der Waals surface area (Å²) in [5.74, 6) is 1.67. The van der Waals surface area contributed by atoms with Crippen molar-refractivity contribution in [1.82, 2.24) is 20.3 Å². The Morgan fingerprint density at radius 3 is 2.33 bits per heavy atom. The first-order valence-electron chi connectivity index (χ1n) is 13.1. The maximum atomic E-state index is 5.71. The van der Waals surface area contributed by atoms with Crippen LogP contribution in [0.3, 0.4) is 0 Å². The molecule has 190 valence electrons. The molecule has 3 fully saturated rings. The normalized spacial score (nSPS) is 23.3. The van der Waals surface area contributed by atoms with Crippen molar-refractivity contribution in [3.8, 4) is 11.3 Å². The van der Waals surface area contributed by atoms with Crippen LogP contribution in [0.2, 0.25) is 0 Å². The van der Waals surface area contributed by atoms with Crippen molar-refractivity contribution in [3.05, 3.63) is 36.4 Å². The molecular weight excluding hydrogens is 454 g/mol. The van der Waals surface area contributed by atoms with Gasteiger partial charge in [-0.15, -0.1) is 0 Å². The summed E-state index contributed by atoms with van der Waals surface area (Å²) in [5.41, 5.74) is 4.01. The quantitative estimate of drug-likeness (QED) is 0.595. The number of anilines is 3. The van der Waals surface area contributed by atoms with E-state index in [-0.39, 0.29) is 12.1 Å². The average molecular weight is 490 g/mol. The lowest BCUT2D eigenvalue weighted by Gasteiger charge is -2.37. The lowest BCUT2D eigenvalue weighted by molar-refractivity contribution is 0.0973. The second kappa shape index (κ2) is 10.2. The van der Waals surface area contributed by atoms with E-state index in [2.05, 4.69) is 70.3 Å². The monoisotopic (exact) mass is 489 g/mol. The van der Waals surface area contributed by atoms with Gasteiger partial charge in [-0.25, -0.2) is 4.98 Å². The molecule has 36 heavy (non-hydrogen) atoms. The predicted octanol–water partition coefficient (Wildman–Crippen LogP) is 2.55. The molecule has 0 amide bonds. The summed E-state index contributed by atoms with van der Waals surface area (Å²) >= 11 is 0. The molecule has 9 nitrogen and oxygen atoms in total. The smallest absolute Gasteiger partial charge is 0.229 e. The Hall–Kier alpha value is -3.01. The van der Waals surface area contributed by atoms with Crippen LogP contribution in [0.1, 0.15) is 13.8 Å². The molecule has 6 rings (SSSR count). The molecule has 2 aromatic heterocycles. The van der Waals surface area contributed by atoms with Crippen molar-refractivity contribution in [3.63, 3.8) is 0 Å². The number of pyridine rings is 1. The number of nitrogens with zero attached hydrogens (tertiary/aromatic N) is 6. The lowest BCUT2D eigenvalue weighted by atomic mass is 10.1. The molecule has 0 saturated carbocycles. The van der Waals surface area contributed by atoms with Crippen molar-refractivity contribution >= 4 is 28.5 Å². The molecule has 0 radical (unpaired) electrons. The number of hydrogen-bond acceptors (Lipinski definition) is 9. The lowest BCUT2D eigenvalue weighted by Crippen LogP contribution is -2.46. The number of rotatable bonds is 4. The van der Waals surface area contributed by atoms with Gasteiger partial charge in [0.15, 0.2) is 5.65 Å². The third kappa shape index (κ3) is 4.58. The third-order valence-corrected chi connectivity index (χ3v) is 7.42. The van der Waals surface area contributed by atoms with Gasteiger partial charge in [-0.1, -0.05) is 12.1 Å². The van der Waals surface area contributed by atoms with Gasteiger partial charge in [0.25, 0.3) is 0 Å². The summed E-state index contributed by atoms with van der Waals surface area (Å²) in [7, 11) is 0. The fourth-order valence-electron chi connectivity index (χ4n) is 5.34. The number of benzene rings is 1. The molecular formula is C27H35N7O2. The molecule has 0 bridgehead atoms. The summed E-state index contributed by atoms with van der Waals surface area (Å²) in [4.78, 5) is 22.2. The van der Waals surface area contributed by atoms with Crippen LogP contribution < -0.4 is 20.0 Å². The Morgan fingerprint density at radius 2 is 1.58 bits per heavy atom. The Labute approximate surface area is 212 Å². The molecule has 3 aliphatic heterocycles. The summed E-state index contributed by atoms with van der Waals surface area (Å²) in [5, 5.41) is 4.41. The highest BCUT2D eigenvalue weighted by atomic mass is 16.5. The number of morpholine rings is 2. The van der Waals surface area contributed by atoms with E-state index in [1.807, 2.05) is 0 Å². The number of nitrogens with one attached hydrogen (secondary N) is 1. The van der Waals surface area contributed by atoms with E-state index in [9.17, 15) is 0 Å². The van der Waals surface area contributed by atoms with Gasteiger partial charge in [-0.3, -0.25) is 0 Å². The molecule has 9 heteroatoms. The second-order valence-corrected chi connectivity index (χ2v) is 9.94. The van der Waals surface area contributed by atoms with Crippen LogP contribution in [-0.4, -0.2) is 92.7 Å². The highest BCUT2D eigenvalue weighted by Gasteiger charge is 2.27. The Kier molecular flexibility index (Phi) is 6.60. The van der Waals surface area contributed by atoms with Gasteiger partial charge >= 0.3 is 0 Å². The van der Waals surface area contributed by atoms with Crippen molar-refractivity contribution in [1.29, 1.82) is 0 Å². The predicted molar refractivity (Wildman–Crippen MR) is 143 cm³/mol. The van der Waals surface area contributed by atoms with E-state index in [1.165, 1.54) is 5.69 Å². The zero-order valence-electron chi connectivity index (χ0n) is 21.2. The maximum Gasteiger partial charge on any atom is 0.229 e. The topological polar surface area (TPSA) is 78.9 Å². The van der Waals surface area contributed by atoms with Gasteiger partial charge in [0.2, 0.25) is 5.95 Å². The van der Waals surface area contributed by atoms with Gasteiger partial charge in [0.1, 0.15) is 5.82 Å². The standard InChI is InChI=1S/C27H35N7O2/c1-19-17-35-14-12-33(19)26-23-6-7-24(21-4-3-5-22(16-21)32-10-8-28-9-11-32)29-25(23)30-27(31-26)34-13-15-36-18-20(34)2/h3-7,16,19-20,28H,8-15,17-18H2,1-2H3/t19-,20-/m0/s1. The van der Waals surface area contributed by atoms with Gasteiger partial charge in [-0.05, 0) is 38.1 Å². The van der Waals surface area contributed by atoms with Crippen molar-refractivity contribution in [2.24, 2.45) is 0 Å². The van der Waals surface area contributed by atoms with Crippen LogP contribution >= 0.6 is 0 Å². The van der Waals surface area contributed by atoms with E-state index in [0.29, 0.717) is 26.4 Å². The first-order valence-corrected chi connectivity index (χ1v) is 13.1. The molecule has 3 saturated heterocycles. The van der Waals surface area contributed by atoms with Gasteiger partial charge in [-0.2, -0.15) is 9.97 Å². The fraction of sp³-hybridized carbons (Fsp3) is 0.519. The first-order chi connectivity index (χ1) is 17.7. The SMILES string of the molecule is C[C@H]1COCCN1c1nc(N2CCOC[C@@H]2C)c2ccc(-c3cccc(N4CCNCC4)c3)nc2n1. The average Bonchev–Trinajstić information content (AvgIpc) is 2.93. The molecule has 5 heterocycles. The number of ether oxygens (including phenoxy) is 2. The third-order valence-electron chi connectivity index (χ3n) is 7.42. The van der Waals surface area contributed by atoms with Crippen LogP contribution in [0.5, 0.6) is 0 Å². The van der Waals surface area contributed by atoms with Gasteiger partial charge < -0.3 is 29.5 Å². The first kappa shape index (κ1) is 23.4. The highest BCUT2D eigenvalue weighted by molar-refractivity contribution is 5.90. The number of aromatic nitrogens is 3. The Morgan fingerprint density at radius 1 is 0.833 bits per heavy atom. The number of piperazine rings is 1. The second-order valence-electron chi connectivity index (χ2n) is 9.94. The zero-order valence-corrected chi connectivity index (χ0v) is 21.2. The number of hydrogen-bond donors (Lipinski definition) is 1. The molecule has 0 aliphatic carbocycles. The Bertz CT molecular complexity index is 1220. The van der Waals surface area contributed by atoms with Crippen LogP contribution in [0.25, 0.3) is 22.3 Å². The van der Waals surface area contributed by atoms with E-state index >= 15 is 0 Å². The summed E-state index contributed by atoms with van der Waals surface area (Å²) in [6.07, 6.45) is 0. The van der Waals surface area contributed by atoms with E-state index in [1.54, 1.807) is 0 Å². The van der Waals surface area contributed by atoms with Gasteiger partial charge in [0, 0.05) is 50.5 Å². The number of fused-ring (bicyclic) bond motifs is 1. The van der Waals surface area contributed by atoms with Crippen LogP contribution in [0.4, 0.5) is 17.5 Å². The maximum absolute atomic E-state index is 5.71. The van der Waals surface area contributed by atoms with E-state index in [4.69, 9.17) is 24.4 Å². The molecule has 1 aromatic carbocycles. The van der Waals surface area contributed by atoms with Crippen LogP contribution in [0, 0.1) is 0 Å². The highest BCUT2D eigenvalue weighted by Crippen LogP contribution is 2.32. The van der Waals surface area contributed by atoms with Crippen molar-refractivity contribution in [2.75, 3.05) is 80.4 Å². The molecule has 0 unspecified atom stereocenters. The van der Waals surface area contributed by atoms with Crippen molar-refractivity contribution in [2.45, 2.75) is 25.9 Å².